The molecule has 0 radical (unpaired) electrons. The van der Waals surface area contributed by atoms with Crippen molar-refractivity contribution in [1.82, 2.24) is 15.6 Å². The molecule has 1 fully saturated rings. The zero-order valence-corrected chi connectivity index (χ0v) is 12.4. The monoisotopic (exact) mass is 288 g/mol. The van der Waals surface area contributed by atoms with Crippen LogP contribution in [0.2, 0.25) is 0 Å². The average Bonchev–Trinajstić information content (AvgIpc) is 2.92. The molecule has 3 rings (SSSR count). The smallest absolute Gasteiger partial charge is 0.145 e. The van der Waals surface area contributed by atoms with E-state index in [9.17, 15) is 0 Å². The van der Waals surface area contributed by atoms with Crippen molar-refractivity contribution in [3.05, 3.63) is 35.2 Å². The zero-order valence-electron chi connectivity index (χ0n) is 12.4. The lowest BCUT2D eigenvalue weighted by molar-refractivity contribution is 0.270. The van der Waals surface area contributed by atoms with Crippen LogP contribution in [0, 0.1) is 13.8 Å². The molecule has 0 unspecified atom stereocenters. The Morgan fingerprint density at radius 1 is 1.24 bits per heavy atom. The Labute approximate surface area is 124 Å². The number of benzene rings is 1. The summed E-state index contributed by atoms with van der Waals surface area (Å²) in [4.78, 5) is 2.35. The summed E-state index contributed by atoms with van der Waals surface area (Å²) in [6.07, 6.45) is 0. The van der Waals surface area contributed by atoms with Crippen LogP contribution in [-0.2, 0) is 6.61 Å². The molecule has 1 aromatic heterocycles. The van der Waals surface area contributed by atoms with Gasteiger partial charge in [-0.3, -0.25) is 0 Å². The SMILES string of the molecule is Cc1ccc(OCc2nonc2C)c(N2CCNCC2)c1. The first-order valence-electron chi connectivity index (χ1n) is 7.21. The van der Waals surface area contributed by atoms with Gasteiger partial charge in [-0.25, -0.2) is 4.63 Å². The summed E-state index contributed by atoms with van der Waals surface area (Å²) >= 11 is 0. The molecule has 1 aromatic carbocycles. The number of piperazine rings is 1. The average molecular weight is 288 g/mol. The van der Waals surface area contributed by atoms with Crippen LogP contribution in [0.5, 0.6) is 5.75 Å². The summed E-state index contributed by atoms with van der Waals surface area (Å²) in [6.45, 7) is 8.31. The van der Waals surface area contributed by atoms with E-state index in [1.54, 1.807) is 0 Å². The Balaban J connectivity index is 1.79. The van der Waals surface area contributed by atoms with Crippen LogP contribution < -0.4 is 15.0 Å². The molecule has 6 nitrogen and oxygen atoms in total. The van der Waals surface area contributed by atoms with Gasteiger partial charge in [0.1, 0.15) is 23.7 Å². The fourth-order valence-corrected chi connectivity index (χ4v) is 2.43. The molecular weight excluding hydrogens is 268 g/mol. The Hall–Kier alpha value is -2.08. The van der Waals surface area contributed by atoms with Crippen LogP contribution >= 0.6 is 0 Å². The number of rotatable bonds is 4. The molecule has 21 heavy (non-hydrogen) atoms. The molecule has 112 valence electrons. The standard InChI is InChI=1S/C15H20N4O2/c1-11-3-4-15(20-10-13-12(2)17-21-18-13)14(9-11)19-7-5-16-6-8-19/h3-4,9,16H,5-8,10H2,1-2H3. The summed E-state index contributed by atoms with van der Waals surface area (Å²) in [6, 6.07) is 6.26. The number of hydrogen-bond donors (Lipinski definition) is 1. The number of nitrogens with zero attached hydrogens (tertiary/aromatic N) is 3. The first-order valence-corrected chi connectivity index (χ1v) is 7.21. The number of aromatic nitrogens is 2. The minimum absolute atomic E-state index is 0.373. The van der Waals surface area contributed by atoms with Crippen molar-refractivity contribution in [2.45, 2.75) is 20.5 Å². The number of aryl methyl sites for hydroxylation is 2. The van der Waals surface area contributed by atoms with Crippen molar-refractivity contribution in [1.29, 1.82) is 0 Å². The van der Waals surface area contributed by atoms with Crippen LogP contribution in [0.25, 0.3) is 0 Å². The molecule has 0 atom stereocenters. The molecule has 0 amide bonds. The number of nitrogens with one attached hydrogen (secondary N) is 1. The van der Waals surface area contributed by atoms with Gasteiger partial charge in [-0.15, -0.1) is 0 Å². The van der Waals surface area contributed by atoms with E-state index in [0.29, 0.717) is 6.61 Å². The Bertz CT molecular complexity index is 605. The normalized spacial score (nSPS) is 15.2. The quantitative estimate of drug-likeness (QED) is 0.923. The molecule has 6 heteroatoms. The van der Waals surface area contributed by atoms with Gasteiger partial charge in [0.2, 0.25) is 0 Å². The third-order valence-corrected chi connectivity index (χ3v) is 3.68. The number of hydrogen-bond acceptors (Lipinski definition) is 6. The summed E-state index contributed by atoms with van der Waals surface area (Å²) < 4.78 is 10.6. The largest absolute Gasteiger partial charge is 0.485 e. The van der Waals surface area contributed by atoms with Crippen LogP contribution in [0.15, 0.2) is 22.8 Å². The molecule has 0 bridgehead atoms. The predicted molar refractivity (Wildman–Crippen MR) is 79.6 cm³/mol. The first kappa shape index (κ1) is 13.9. The van der Waals surface area contributed by atoms with E-state index in [4.69, 9.17) is 9.37 Å². The van der Waals surface area contributed by atoms with Crippen molar-refractivity contribution >= 4 is 5.69 Å². The highest BCUT2D eigenvalue weighted by molar-refractivity contribution is 5.60. The highest BCUT2D eigenvalue weighted by Gasteiger charge is 2.16. The second-order valence-corrected chi connectivity index (χ2v) is 5.29. The molecule has 0 saturated carbocycles. The van der Waals surface area contributed by atoms with E-state index < -0.39 is 0 Å². The van der Waals surface area contributed by atoms with Crippen molar-refractivity contribution in [3.8, 4) is 5.75 Å². The highest BCUT2D eigenvalue weighted by Crippen LogP contribution is 2.30. The molecular formula is C15H20N4O2. The minimum atomic E-state index is 0.373. The topological polar surface area (TPSA) is 63.4 Å². The maximum Gasteiger partial charge on any atom is 0.145 e. The van der Waals surface area contributed by atoms with Gasteiger partial charge in [-0.05, 0) is 31.5 Å². The lowest BCUT2D eigenvalue weighted by Gasteiger charge is -2.31. The van der Waals surface area contributed by atoms with Crippen LogP contribution in [0.4, 0.5) is 5.69 Å². The molecule has 1 saturated heterocycles. The molecule has 1 N–H and O–H groups in total. The van der Waals surface area contributed by atoms with Crippen LogP contribution in [0.3, 0.4) is 0 Å². The lowest BCUT2D eigenvalue weighted by Crippen LogP contribution is -2.43. The molecule has 2 aromatic rings. The van der Waals surface area contributed by atoms with Crippen molar-refractivity contribution < 1.29 is 9.37 Å². The van der Waals surface area contributed by atoms with Gasteiger partial charge < -0.3 is 15.0 Å². The maximum absolute atomic E-state index is 5.95. The van der Waals surface area contributed by atoms with Gasteiger partial charge in [0.15, 0.2) is 0 Å². The second kappa shape index (κ2) is 6.13. The summed E-state index contributed by atoms with van der Waals surface area (Å²) in [5.41, 5.74) is 3.88. The van der Waals surface area contributed by atoms with Crippen molar-refractivity contribution in [3.63, 3.8) is 0 Å². The molecule has 1 aliphatic heterocycles. The fraction of sp³-hybridized carbons (Fsp3) is 0.467. The lowest BCUT2D eigenvalue weighted by atomic mass is 10.1. The maximum atomic E-state index is 5.95. The third kappa shape index (κ3) is 3.16. The predicted octanol–water partition coefficient (Wildman–Crippen LogP) is 1.68. The summed E-state index contributed by atoms with van der Waals surface area (Å²) in [7, 11) is 0. The molecule has 1 aliphatic rings. The van der Waals surface area contributed by atoms with Gasteiger partial charge >= 0.3 is 0 Å². The van der Waals surface area contributed by atoms with Gasteiger partial charge in [0, 0.05) is 26.2 Å². The minimum Gasteiger partial charge on any atom is -0.485 e. The van der Waals surface area contributed by atoms with E-state index in [1.165, 1.54) is 5.56 Å². The molecule has 0 spiro atoms. The van der Waals surface area contributed by atoms with Crippen molar-refractivity contribution in [2.24, 2.45) is 0 Å². The van der Waals surface area contributed by atoms with E-state index in [0.717, 1.165) is 49.0 Å². The highest BCUT2D eigenvalue weighted by atomic mass is 16.6. The van der Waals surface area contributed by atoms with E-state index in [2.05, 4.69) is 39.6 Å². The van der Waals surface area contributed by atoms with E-state index in [-0.39, 0.29) is 0 Å². The van der Waals surface area contributed by atoms with Gasteiger partial charge in [0.05, 0.1) is 5.69 Å². The number of ether oxygens (including phenoxy) is 1. The first-order chi connectivity index (χ1) is 10.2. The zero-order chi connectivity index (χ0) is 14.7. The van der Waals surface area contributed by atoms with E-state index in [1.807, 2.05) is 13.0 Å². The number of anilines is 1. The van der Waals surface area contributed by atoms with Gasteiger partial charge in [-0.2, -0.15) is 0 Å². The van der Waals surface area contributed by atoms with Crippen molar-refractivity contribution in [2.75, 3.05) is 31.1 Å². The Morgan fingerprint density at radius 2 is 2.05 bits per heavy atom. The summed E-state index contributed by atoms with van der Waals surface area (Å²) in [5, 5.41) is 11.0. The Morgan fingerprint density at radius 3 is 2.76 bits per heavy atom. The van der Waals surface area contributed by atoms with E-state index >= 15 is 0 Å². The third-order valence-electron chi connectivity index (χ3n) is 3.68. The molecule has 0 aliphatic carbocycles. The Kier molecular flexibility index (Phi) is 4.06. The fourth-order valence-electron chi connectivity index (χ4n) is 2.43. The van der Waals surface area contributed by atoms with Gasteiger partial charge in [-0.1, -0.05) is 16.4 Å². The van der Waals surface area contributed by atoms with Gasteiger partial charge in [0.25, 0.3) is 0 Å². The molecule has 2 heterocycles. The summed E-state index contributed by atoms with van der Waals surface area (Å²) in [5.74, 6) is 0.880. The second-order valence-electron chi connectivity index (χ2n) is 5.29. The van der Waals surface area contributed by atoms with Crippen LogP contribution in [-0.4, -0.2) is 36.5 Å². The van der Waals surface area contributed by atoms with Crippen LogP contribution in [0.1, 0.15) is 17.0 Å².